The largest absolute Gasteiger partial charge is 0.377 e. The first-order valence-corrected chi connectivity index (χ1v) is 7.73. The third kappa shape index (κ3) is 6.43. The summed E-state index contributed by atoms with van der Waals surface area (Å²) >= 11 is 0. The molecule has 0 aliphatic heterocycles. The Balaban J connectivity index is 2.33. The molecule has 0 unspecified atom stereocenters. The molecule has 0 fully saturated rings. The van der Waals surface area contributed by atoms with E-state index in [0.29, 0.717) is 0 Å². The molecule has 0 aliphatic carbocycles. The molecule has 22 heavy (non-hydrogen) atoms. The number of hydrogen-bond acceptors (Lipinski definition) is 7. The second kappa shape index (κ2) is 9.41. The molecule has 0 atom stereocenters. The summed E-state index contributed by atoms with van der Waals surface area (Å²) in [5.74, 6) is 0. The Morgan fingerprint density at radius 2 is 1.55 bits per heavy atom. The van der Waals surface area contributed by atoms with Gasteiger partial charge in [0.2, 0.25) is 0 Å². The lowest BCUT2D eigenvalue weighted by Gasteiger charge is -2.06. The van der Waals surface area contributed by atoms with Gasteiger partial charge in [0.05, 0.1) is 42.9 Å². The molecule has 1 aromatic rings. The van der Waals surface area contributed by atoms with Crippen LogP contribution in [0, 0.1) is 10.1 Å². The molecule has 8 nitrogen and oxygen atoms in total. The fraction of sp³-hybridized carbons (Fsp3) is 0.500. The first kappa shape index (κ1) is 18.4. The molecule has 0 amide bonds. The van der Waals surface area contributed by atoms with Crippen LogP contribution in [-0.2, 0) is 23.8 Å². The molecule has 10 heteroatoms. The fourth-order valence-electron chi connectivity index (χ4n) is 1.38. The van der Waals surface area contributed by atoms with Crippen molar-refractivity contribution in [2.24, 2.45) is 0 Å². The predicted octanol–water partition coefficient (Wildman–Crippen LogP) is 1.30. The van der Waals surface area contributed by atoms with Crippen LogP contribution in [0.4, 0.5) is 10.1 Å². The van der Waals surface area contributed by atoms with E-state index in [2.05, 4.69) is 0 Å². The molecule has 1 rings (SSSR count). The summed E-state index contributed by atoms with van der Waals surface area (Å²) in [5.41, 5.74) is -0.212. The van der Waals surface area contributed by atoms with E-state index in [0.717, 1.165) is 24.3 Å². The highest BCUT2D eigenvalue weighted by Gasteiger charge is 2.16. The summed E-state index contributed by atoms with van der Waals surface area (Å²) in [5, 5.41) is 10.5. The van der Waals surface area contributed by atoms with Crippen LogP contribution in [0.15, 0.2) is 29.2 Å². The SMILES string of the molecule is O=[N+]([O-])c1ccc(S(=O)(=O)OCCOCCOCC[18F])cc1. The molecular weight excluding hydrogens is 320 g/mol. The molecule has 124 valence electrons. The number of rotatable bonds is 11. The zero-order chi connectivity index (χ0) is 16.4. The minimum absolute atomic E-state index is 0.00557. The monoisotopic (exact) mass is 336 g/mol. The highest BCUT2D eigenvalue weighted by atomic mass is 32.2. The van der Waals surface area contributed by atoms with Crippen molar-refractivity contribution in [2.45, 2.75) is 4.90 Å². The van der Waals surface area contributed by atoms with E-state index < -0.39 is 21.7 Å². The van der Waals surface area contributed by atoms with E-state index in [-0.39, 0.29) is 43.6 Å². The summed E-state index contributed by atoms with van der Waals surface area (Å²) in [7, 11) is -3.99. The molecule has 0 heterocycles. The maximum Gasteiger partial charge on any atom is 0.297 e. The minimum Gasteiger partial charge on any atom is -0.377 e. The normalized spacial score (nSPS) is 11.5. The van der Waals surface area contributed by atoms with Crippen LogP contribution >= 0.6 is 0 Å². The van der Waals surface area contributed by atoms with Crippen molar-refractivity contribution in [1.82, 2.24) is 0 Å². The molecule has 0 bridgehead atoms. The van der Waals surface area contributed by atoms with E-state index in [4.69, 9.17) is 13.7 Å². The Morgan fingerprint density at radius 3 is 2.09 bits per heavy atom. The number of hydrogen-bond donors (Lipinski definition) is 0. The van der Waals surface area contributed by atoms with E-state index in [9.17, 15) is 22.9 Å². The zero-order valence-electron chi connectivity index (χ0n) is 11.6. The van der Waals surface area contributed by atoms with Gasteiger partial charge in [-0.15, -0.1) is 0 Å². The molecule has 0 saturated heterocycles. The second-order valence-electron chi connectivity index (χ2n) is 3.94. The maximum atomic E-state index is 11.8. The van der Waals surface area contributed by atoms with Crippen molar-refractivity contribution in [3.05, 3.63) is 34.4 Å². The number of nitro groups is 1. The Bertz CT molecular complexity index is 561. The van der Waals surface area contributed by atoms with Crippen LogP contribution in [0.3, 0.4) is 0 Å². The number of halogens is 1. The zero-order valence-corrected chi connectivity index (χ0v) is 12.5. The van der Waals surface area contributed by atoms with Gasteiger partial charge in [0.1, 0.15) is 6.67 Å². The van der Waals surface area contributed by atoms with Crippen molar-refractivity contribution in [3.8, 4) is 0 Å². The van der Waals surface area contributed by atoms with Crippen molar-refractivity contribution in [1.29, 1.82) is 0 Å². The van der Waals surface area contributed by atoms with Crippen LogP contribution in [0.5, 0.6) is 0 Å². The average molecular weight is 336 g/mol. The lowest BCUT2D eigenvalue weighted by atomic mass is 10.3. The first-order chi connectivity index (χ1) is 10.5. The fourth-order valence-corrected chi connectivity index (χ4v) is 2.27. The van der Waals surface area contributed by atoms with Gasteiger partial charge in [-0.05, 0) is 12.1 Å². The average Bonchev–Trinajstić information content (AvgIpc) is 2.50. The third-order valence-electron chi connectivity index (χ3n) is 2.40. The molecule has 0 aromatic heterocycles. The smallest absolute Gasteiger partial charge is 0.297 e. The number of ether oxygens (including phenoxy) is 2. The molecule has 1 aromatic carbocycles. The van der Waals surface area contributed by atoms with Crippen LogP contribution in [0.1, 0.15) is 0 Å². The van der Waals surface area contributed by atoms with Crippen LogP contribution in [-0.4, -0.2) is 53.1 Å². The standard InChI is InChI=1S/C12H16FNO7S/c13-5-6-19-7-8-20-9-10-21-22(17,18)12-3-1-11(2-4-12)14(15)16/h1-4H,5-10H2/i13-1. The molecule has 0 saturated carbocycles. The van der Waals surface area contributed by atoms with Crippen molar-refractivity contribution in [2.75, 3.05) is 39.7 Å². The van der Waals surface area contributed by atoms with Crippen LogP contribution in [0.2, 0.25) is 0 Å². The van der Waals surface area contributed by atoms with E-state index in [1.54, 1.807) is 0 Å². The predicted molar refractivity (Wildman–Crippen MR) is 73.8 cm³/mol. The van der Waals surface area contributed by atoms with Crippen LogP contribution in [0.25, 0.3) is 0 Å². The van der Waals surface area contributed by atoms with E-state index >= 15 is 0 Å². The van der Waals surface area contributed by atoms with Gasteiger partial charge in [-0.2, -0.15) is 8.42 Å². The Labute approximate surface area is 127 Å². The molecule has 0 aliphatic rings. The maximum absolute atomic E-state index is 11.8. The Morgan fingerprint density at radius 1 is 1.00 bits per heavy atom. The number of non-ortho nitro benzene ring substituents is 1. The van der Waals surface area contributed by atoms with Crippen molar-refractivity contribution < 1.29 is 31.4 Å². The topological polar surface area (TPSA) is 105 Å². The lowest BCUT2D eigenvalue weighted by Crippen LogP contribution is -2.13. The van der Waals surface area contributed by atoms with Crippen LogP contribution < -0.4 is 0 Å². The van der Waals surface area contributed by atoms with Gasteiger partial charge in [-0.1, -0.05) is 0 Å². The first-order valence-electron chi connectivity index (χ1n) is 6.32. The molecule has 0 radical (unpaired) electrons. The van der Waals surface area contributed by atoms with Crippen molar-refractivity contribution in [3.63, 3.8) is 0 Å². The molecular formula is C12H16FNO7S. The van der Waals surface area contributed by atoms with Gasteiger partial charge in [0.25, 0.3) is 15.8 Å². The Hall–Kier alpha value is -1.62. The quantitative estimate of drug-likeness (QED) is 0.259. The number of nitrogens with zero attached hydrogens (tertiary/aromatic N) is 1. The summed E-state index contributed by atoms with van der Waals surface area (Å²) in [6, 6.07) is 4.35. The number of nitro benzene ring substituents is 1. The molecule has 0 spiro atoms. The second-order valence-corrected chi connectivity index (χ2v) is 5.56. The van der Waals surface area contributed by atoms with Gasteiger partial charge >= 0.3 is 0 Å². The van der Waals surface area contributed by atoms with Gasteiger partial charge in [0.15, 0.2) is 0 Å². The highest BCUT2D eigenvalue weighted by Crippen LogP contribution is 2.17. The summed E-state index contributed by atoms with van der Waals surface area (Å²) < 4.78 is 49.8. The summed E-state index contributed by atoms with van der Waals surface area (Å²) in [6.45, 7) is -0.363. The van der Waals surface area contributed by atoms with E-state index in [1.165, 1.54) is 0 Å². The lowest BCUT2D eigenvalue weighted by molar-refractivity contribution is -0.384. The van der Waals surface area contributed by atoms with Gasteiger partial charge in [0, 0.05) is 12.1 Å². The van der Waals surface area contributed by atoms with Gasteiger partial charge in [-0.25, -0.2) is 4.39 Å². The van der Waals surface area contributed by atoms with E-state index in [1.807, 2.05) is 0 Å². The summed E-state index contributed by atoms with van der Waals surface area (Å²) in [6.07, 6.45) is 0. The minimum atomic E-state index is -3.99. The third-order valence-corrected chi connectivity index (χ3v) is 3.72. The number of alkyl halides is 1. The summed E-state index contributed by atoms with van der Waals surface area (Å²) in [4.78, 5) is 9.67. The molecule has 0 N–H and O–H groups in total. The number of benzene rings is 1. The van der Waals surface area contributed by atoms with Gasteiger partial charge in [-0.3, -0.25) is 14.3 Å². The van der Waals surface area contributed by atoms with Gasteiger partial charge < -0.3 is 9.47 Å². The highest BCUT2D eigenvalue weighted by molar-refractivity contribution is 7.86. The van der Waals surface area contributed by atoms with Crippen molar-refractivity contribution >= 4 is 15.8 Å². The Kier molecular flexibility index (Phi) is 7.88.